The Hall–Kier alpha value is -2.97. The lowest BCUT2D eigenvalue weighted by molar-refractivity contribution is -0.887. The van der Waals surface area contributed by atoms with E-state index in [0.29, 0.717) is 19.3 Å². The van der Waals surface area contributed by atoms with E-state index in [2.05, 4.69) is 26.0 Å². The van der Waals surface area contributed by atoms with Crippen LogP contribution in [-0.2, 0) is 28.6 Å². The highest BCUT2D eigenvalue weighted by Gasteiger charge is 2.31. The molecule has 2 unspecified atom stereocenters. The van der Waals surface area contributed by atoms with Crippen molar-refractivity contribution in [2.45, 2.75) is 187 Å². The SMILES string of the molecule is CC/C=C/C=C/C=C/C=C/C=C/CCCCCC(=O)OC(COCCC(C(=O)O)[N+](C)(C)C)COC(=O)CCCCCCCCCCCCCCCCCCC. The molecule has 0 aliphatic heterocycles. The summed E-state index contributed by atoms with van der Waals surface area (Å²) in [6.45, 7) is 4.55. The molecule has 8 nitrogen and oxygen atoms in total. The van der Waals surface area contributed by atoms with Crippen LogP contribution in [0.15, 0.2) is 60.8 Å². The third-order valence-corrected chi connectivity index (χ3v) is 9.81. The molecule has 0 saturated carbocycles. The van der Waals surface area contributed by atoms with Crippen molar-refractivity contribution in [3.8, 4) is 0 Å². The normalized spacial score (nSPS) is 13.5. The Labute approximate surface area is 343 Å². The third-order valence-electron chi connectivity index (χ3n) is 9.81. The molecule has 8 heteroatoms. The van der Waals surface area contributed by atoms with Gasteiger partial charge in [-0.25, -0.2) is 4.79 Å². The van der Waals surface area contributed by atoms with Gasteiger partial charge >= 0.3 is 17.9 Å². The third kappa shape index (κ3) is 36.7. The quantitative estimate of drug-likeness (QED) is 0.0287. The van der Waals surface area contributed by atoms with Crippen molar-refractivity contribution in [2.75, 3.05) is 41.0 Å². The Morgan fingerprint density at radius 1 is 0.554 bits per heavy atom. The number of quaternary nitrogens is 1. The Morgan fingerprint density at radius 3 is 1.48 bits per heavy atom. The van der Waals surface area contributed by atoms with E-state index in [1.807, 2.05) is 69.8 Å². The molecular formula is C48H84NO7+. The Kier molecular flexibility index (Phi) is 36.8. The van der Waals surface area contributed by atoms with Gasteiger partial charge < -0.3 is 23.8 Å². The summed E-state index contributed by atoms with van der Waals surface area (Å²) < 4.78 is 17.2. The number of carboxylic acid groups (broad SMARTS) is 1. The number of carboxylic acids is 1. The summed E-state index contributed by atoms with van der Waals surface area (Å²) in [6.07, 6.45) is 46.9. The summed E-state index contributed by atoms with van der Waals surface area (Å²) in [5.74, 6) is -1.52. The fourth-order valence-corrected chi connectivity index (χ4v) is 6.35. The molecule has 322 valence electrons. The van der Waals surface area contributed by atoms with Gasteiger partial charge in [0.15, 0.2) is 12.1 Å². The highest BCUT2D eigenvalue weighted by Crippen LogP contribution is 2.15. The fourth-order valence-electron chi connectivity index (χ4n) is 6.35. The number of unbranched alkanes of at least 4 members (excludes halogenated alkanes) is 19. The molecule has 0 aliphatic carbocycles. The fraction of sp³-hybridized carbons (Fsp3) is 0.729. The van der Waals surface area contributed by atoms with Crippen molar-refractivity contribution in [2.24, 2.45) is 0 Å². The standard InChI is InChI=1S/C48H83NO7/c1-6-8-10-12-14-16-18-20-22-23-25-26-28-30-32-34-36-38-46(50)55-43-44(42-54-41-40-45(48(52)53)49(3,4)5)56-47(51)39-37-35-33-31-29-27-24-21-19-17-15-13-11-9-7-2/h9,11,13,15,17,19,21,24,27,29,44-45H,6-8,10,12,14,16,18,20,22-23,25-26,28,30-43H2,1-5H3/p+1/b11-9+,15-13+,19-17+,24-21+,29-27+. The van der Waals surface area contributed by atoms with Crippen LogP contribution >= 0.6 is 0 Å². The number of esters is 2. The number of hydrogen-bond acceptors (Lipinski definition) is 6. The smallest absolute Gasteiger partial charge is 0.362 e. The predicted octanol–water partition coefficient (Wildman–Crippen LogP) is 12.2. The number of rotatable bonds is 39. The van der Waals surface area contributed by atoms with Crippen LogP contribution in [0.2, 0.25) is 0 Å². The molecule has 0 saturated heterocycles. The number of carbonyl (C=O) groups is 3. The molecule has 0 fully saturated rings. The minimum atomic E-state index is -0.884. The van der Waals surface area contributed by atoms with E-state index in [1.54, 1.807) is 0 Å². The van der Waals surface area contributed by atoms with Crippen LogP contribution in [0.5, 0.6) is 0 Å². The number of carbonyl (C=O) groups excluding carboxylic acids is 2. The molecule has 0 bridgehead atoms. The Bertz CT molecular complexity index is 1100. The van der Waals surface area contributed by atoms with Gasteiger partial charge in [0.2, 0.25) is 0 Å². The van der Waals surface area contributed by atoms with Crippen molar-refractivity contribution < 1.29 is 38.2 Å². The lowest BCUT2D eigenvalue weighted by Crippen LogP contribution is -2.50. The second kappa shape index (κ2) is 38.9. The summed E-state index contributed by atoms with van der Waals surface area (Å²) in [5.41, 5.74) is 0. The number of hydrogen-bond donors (Lipinski definition) is 1. The Balaban J connectivity index is 4.39. The summed E-state index contributed by atoms with van der Waals surface area (Å²) in [4.78, 5) is 37.0. The van der Waals surface area contributed by atoms with Gasteiger partial charge in [0.25, 0.3) is 0 Å². The maximum atomic E-state index is 12.7. The minimum Gasteiger partial charge on any atom is -0.477 e. The second-order valence-corrected chi connectivity index (χ2v) is 16.1. The number of likely N-dealkylation sites (N-methyl/N-ethyl adjacent to an activating group) is 1. The maximum Gasteiger partial charge on any atom is 0.362 e. The van der Waals surface area contributed by atoms with Gasteiger partial charge in [0, 0.05) is 19.3 Å². The lowest BCUT2D eigenvalue weighted by Gasteiger charge is -2.31. The molecule has 0 heterocycles. The van der Waals surface area contributed by atoms with E-state index < -0.39 is 18.1 Å². The van der Waals surface area contributed by atoms with Gasteiger partial charge in [0.1, 0.15) is 6.61 Å². The highest BCUT2D eigenvalue weighted by molar-refractivity contribution is 5.72. The van der Waals surface area contributed by atoms with Crippen molar-refractivity contribution in [3.05, 3.63) is 60.8 Å². The van der Waals surface area contributed by atoms with Gasteiger partial charge in [-0.05, 0) is 32.1 Å². The summed E-state index contributed by atoms with van der Waals surface area (Å²) in [5, 5.41) is 9.62. The largest absolute Gasteiger partial charge is 0.477 e. The molecule has 56 heavy (non-hydrogen) atoms. The van der Waals surface area contributed by atoms with Gasteiger partial charge in [-0.15, -0.1) is 0 Å². The van der Waals surface area contributed by atoms with Gasteiger partial charge in [0.05, 0.1) is 34.4 Å². The van der Waals surface area contributed by atoms with E-state index in [9.17, 15) is 19.5 Å². The first-order chi connectivity index (χ1) is 27.1. The average Bonchev–Trinajstić information content (AvgIpc) is 3.15. The lowest BCUT2D eigenvalue weighted by atomic mass is 10.0. The van der Waals surface area contributed by atoms with Crippen LogP contribution in [0.25, 0.3) is 0 Å². The van der Waals surface area contributed by atoms with Crippen LogP contribution in [-0.4, -0.2) is 80.6 Å². The molecule has 0 amide bonds. The maximum absolute atomic E-state index is 12.7. The van der Waals surface area contributed by atoms with Crippen LogP contribution in [0.4, 0.5) is 0 Å². The number of nitrogens with zero attached hydrogens (tertiary/aromatic N) is 1. The predicted molar refractivity (Wildman–Crippen MR) is 234 cm³/mol. The molecule has 0 aliphatic rings. The van der Waals surface area contributed by atoms with Crippen LogP contribution in [0.3, 0.4) is 0 Å². The monoisotopic (exact) mass is 787 g/mol. The van der Waals surface area contributed by atoms with Crippen molar-refractivity contribution in [3.63, 3.8) is 0 Å². The number of allylic oxidation sites excluding steroid dienone is 10. The minimum absolute atomic E-state index is 0.0430. The summed E-state index contributed by atoms with van der Waals surface area (Å²) in [6, 6.07) is -0.624. The van der Waals surface area contributed by atoms with Crippen molar-refractivity contribution in [1.82, 2.24) is 0 Å². The second-order valence-electron chi connectivity index (χ2n) is 16.1. The zero-order valence-corrected chi connectivity index (χ0v) is 36.6. The van der Waals surface area contributed by atoms with E-state index in [0.717, 1.165) is 44.9 Å². The van der Waals surface area contributed by atoms with Crippen LogP contribution in [0, 0.1) is 0 Å². The van der Waals surface area contributed by atoms with Crippen molar-refractivity contribution in [1.29, 1.82) is 0 Å². The number of aliphatic carboxylic acids is 1. The molecule has 0 aromatic carbocycles. The zero-order valence-electron chi connectivity index (χ0n) is 36.6. The zero-order chi connectivity index (χ0) is 41.4. The molecular weight excluding hydrogens is 703 g/mol. The molecule has 0 aromatic rings. The number of ether oxygens (including phenoxy) is 3. The Morgan fingerprint density at radius 2 is 1.00 bits per heavy atom. The van der Waals surface area contributed by atoms with Crippen LogP contribution in [0.1, 0.15) is 174 Å². The van der Waals surface area contributed by atoms with Gasteiger partial charge in [-0.1, -0.05) is 184 Å². The van der Waals surface area contributed by atoms with Crippen LogP contribution < -0.4 is 0 Å². The first kappa shape index (κ1) is 53.0. The summed E-state index contributed by atoms with van der Waals surface area (Å²) in [7, 11) is 5.51. The first-order valence-corrected chi connectivity index (χ1v) is 22.4. The molecule has 0 aromatic heterocycles. The average molecular weight is 787 g/mol. The van der Waals surface area contributed by atoms with Gasteiger partial charge in [-0.3, -0.25) is 9.59 Å². The van der Waals surface area contributed by atoms with E-state index in [1.165, 1.54) is 89.9 Å². The summed E-state index contributed by atoms with van der Waals surface area (Å²) >= 11 is 0. The van der Waals surface area contributed by atoms with E-state index >= 15 is 0 Å². The molecule has 0 spiro atoms. The van der Waals surface area contributed by atoms with E-state index in [4.69, 9.17) is 14.2 Å². The first-order valence-electron chi connectivity index (χ1n) is 22.4. The molecule has 0 radical (unpaired) electrons. The van der Waals surface area contributed by atoms with Crippen molar-refractivity contribution >= 4 is 17.9 Å². The molecule has 2 atom stereocenters. The molecule has 1 N–H and O–H groups in total. The topological polar surface area (TPSA) is 99.1 Å². The highest BCUT2D eigenvalue weighted by atomic mass is 16.6. The molecule has 0 rings (SSSR count). The van der Waals surface area contributed by atoms with Gasteiger partial charge in [-0.2, -0.15) is 0 Å². The van der Waals surface area contributed by atoms with E-state index in [-0.39, 0.29) is 42.7 Å².